The van der Waals surface area contributed by atoms with Gasteiger partial charge in [0.1, 0.15) is 11.3 Å². The maximum absolute atomic E-state index is 13.0. The fourth-order valence-electron chi connectivity index (χ4n) is 2.88. The average Bonchev–Trinajstić information content (AvgIpc) is 2.70. The molecule has 1 fully saturated rings. The van der Waals surface area contributed by atoms with Gasteiger partial charge in [-0.2, -0.15) is 0 Å². The van der Waals surface area contributed by atoms with Crippen LogP contribution in [-0.2, 0) is 9.59 Å². The molecule has 0 spiro atoms. The van der Waals surface area contributed by atoms with Gasteiger partial charge in [0.15, 0.2) is 0 Å². The monoisotopic (exact) mass is 490 g/mol. The van der Waals surface area contributed by atoms with Gasteiger partial charge < -0.3 is 4.74 Å². The van der Waals surface area contributed by atoms with Crippen molar-refractivity contribution in [2.45, 2.75) is 33.3 Å². The van der Waals surface area contributed by atoms with Crippen LogP contribution in [0.15, 0.2) is 46.4 Å². The Morgan fingerprint density at radius 1 is 1.23 bits per heavy atom. The minimum atomic E-state index is -0.814. The number of urea groups is 1. The summed E-state index contributed by atoms with van der Waals surface area (Å²) in [4.78, 5) is 38.7. The summed E-state index contributed by atoms with van der Waals surface area (Å²) in [5.41, 5.74) is 1.33. The molecule has 1 aliphatic heterocycles. The third-order valence-electron chi connectivity index (χ3n) is 4.75. The molecule has 0 unspecified atom stereocenters. The van der Waals surface area contributed by atoms with Crippen LogP contribution in [0.5, 0.6) is 5.75 Å². The van der Waals surface area contributed by atoms with E-state index in [2.05, 4.69) is 21.2 Å². The van der Waals surface area contributed by atoms with E-state index in [0.717, 1.165) is 11.3 Å². The molecule has 2 aromatic rings. The number of ether oxygens (including phenoxy) is 1. The van der Waals surface area contributed by atoms with Crippen LogP contribution < -0.4 is 15.0 Å². The number of benzene rings is 2. The van der Waals surface area contributed by atoms with Crippen molar-refractivity contribution in [2.75, 3.05) is 4.90 Å². The number of halogens is 2. The molecule has 6 nitrogen and oxygen atoms in total. The number of anilines is 1. The number of rotatable bonds is 5. The maximum atomic E-state index is 13.0. The summed E-state index contributed by atoms with van der Waals surface area (Å²) in [6.45, 7) is 5.70. The topological polar surface area (TPSA) is 75.7 Å². The first-order valence-electron chi connectivity index (χ1n) is 9.35. The Hall–Kier alpha value is -2.64. The molecule has 0 radical (unpaired) electrons. The molecule has 30 heavy (non-hydrogen) atoms. The van der Waals surface area contributed by atoms with Crippen molar-refractivity contribution in [3.05, 3.63) is 62.6 Å². The van der Waals surface area contributed by atoms with E-state index in [4.69, 9.17) is 16.3 Å². The Bertz CT molecular complexity index is 1070. The standard InChI is InChI=1S/C22H20BrClN2O4/c1-4-12(2)30-19-9-8-14(11-16(19)23)10-15-20(27)25-22(29)26(21(15)28)18-7-5-6-17(24)13(18)3/h5-12H,4H2,1-3H3,(H,25,27,29)/b15-10+/t12-/m1/s1. The summed E-state index contributed by atoms with van der Waals surface area (Å²) in [6, 6.07) is 9.33. The number of carbonyl (C=O) groups excluding carboxylic acids is 3. The molecular weight excluding hydrogens is 472 g/mol. The van der Waals surface area contributed by atoms with Crippen molar-refractivity contribution in [1.29, 1.82) is 0 Å². The second kappa shape index (κ2) is 9.02. The number of hydrogen-bond donors (Lipinski definition) is 1. The average molecular weight is 492 g/mol. The van der Waals surface area contributed by atoms with Crippen LogP contribution in [0.25, 0.3) is 6.08 Å². The van der Waals surface area contributed by atoms with Crippen molar-refractivity contribution in [3.63, 3.8) is 0 Å². The Kier molecular flexibility index (Phi) is 6.63. The van der Waals surface area contributed by atoms with E-state index in [1.165, 1.54) is 6.08 Å². The summed E-state index contributed by atoms with van der Waals surface area (Å²) in [5, 5.41) is 2.63. The second-order valence-corrected chi connectivity index (χ2v) is 8.13. The first kappa shape index (κ1) is 22.1. The molecule has 3 rings (SSSR count). The van der Waals surface area contributed by atoms with Gasteiger partial charge in [0.25, 0.3) is 11.8 Å². The molecule has 1 atom stereocenters. The van der Waals surface area contributed by atoms with E-state index in [1.807, 2.05) is 13.8 Å². The van der Waals surface area contributed by atoms with Gasteiger partial charge in [0.2, 0.25) is 0 Å². The van der Waals surface area contributed by atoms with Crippen molar-refractivity contribution < 1.29 is 19.1 Å². The van der Waals surface area contributed by atoms with Crippen molar-refractivity contribution >= 4 is 57.1 Å². The fourth-order valence-corrected chi connectivity index (χ4v) is 3.54. The molecule has 0 aliphatic carbocycles. The SMILES string of the molecule is CC[C@@H](C)Oc1ccc(/C=C2\C(=O)NC(=O)N(c3cccc(Cl)c3C)C2=O)cc1Br. The molecule has 0 bridgehead atoms. The number of barbiturate groups is 1. The molecule has 1 heterocycles. The van der Waals surface area contributed by atoms with Gasteiger partial charge in [-0.3, -0.25) is 14.9 Å². The van der Waals surface area contributed by atoms with Crippen LogP contribution in [0.2, 0.25) is 5.02 Å². The molecule has 1 aliphatic rings. The summed E-state index contributed by atoms with van der Waals surface area (Å²) in [7, 11) is 0. The van der Waals surface area contributed by atoms with Crippen LogP contribution in [0.3, 0.4) is 0 Å². The Balaban J connectivity index is 1.97. The van der Waals surface area contributed by atoms with E-state index in [1.54, 1.807) is 43.3 Å². The van der Waals surface area contributed by atoms with Gasteiger partial charge in [-0.05, 0) is 77.7 Å². The van der Waals surface area contributed by atoms with Crippen LogP contribution in [0.1, 0.15) is 31.4 Å². The van der Waals surface area contributed by atoms with Gasteiger partial charge in [-0.15, -0.1) is 0 Å². The number of imide groups is 2. The molecule has 1 N–H and O–H groups in total. The summed E-state index contributed by atoms with van der Waals surface area (Å²) in [5.74, 6) is -0.806. The second-order valence-electron chi connectivity index (χ2n) is 6.87. The third kappa shape index (κ3) is 4.42. The third-order valence-corrected chi connectivity index (χ3v) is 5.78. The highest BCUT2D eigenvalue weighted by atomic mass is 79.9. The fraction of sp³-hybridized carbons (Fsp3) is 0.227. The molecule has 0 aromatic heterocycles. The number of hydrogen-bond acceptors (Lipinski definition) is 4. The van der Waals surface area contributed by atoms with Crippen LogP contribution in [-0.4, -0.2) is 23.9 Å². The van der Waals surface area contributed by atoms with Gasteiger partial charge in [-0.1, -0.05) is 30.7 Å². The van der Waals surface area contributed by atoms with Gasteiger partial charge in [-0.25, -0.2) is 9.69 Å². The predicted octanol–water partition coefficient (Wildman–Crippen LogP) is 5.25. The zero-order chi connectivity index (χ0) is 22.0. The minimum absolute atomic E-state index is 0.0525. The summed E-state index contributed by atoms with van der Waals surface area (Å²) < 4.78 is 6.51. The minimum Gasteiger partial charge on any atom is -0.490 e. The highest BCUT2D eigenvalue weighted by Crippen LogP contribution is 2.31. The molecule has 8 heteroatoms. The Morgan fingerprint density at radius 2 is 1.97 bits per heavy atom. The van der Waals surface area contributed by atoms with Crippen LogP contribution in [0, 0.1) is 6.92 Å². The Labute approximate surface area is 188 Å². The van der Waals surface area contributed by atoms with Crippen molar-refractivity contribution in [2.24, 2.45) is 0 Å². The van der Waals surface area contributed by atoms with E-state index in [0.29, 0.717) is 32.1 Å². The molecule has 2 aromatic carbocycles. The molecule has 0 saturated carbocycles. The first-order chi connectivity index (χ1) is 14.2. The predicted molar refractivity (Wildman–Crippen MR) is 120 cm³/mol. The lowest BCUT2D eigenvalue weighted by molar-refractivity contribution is -0.122. The summed E-state index contributed by atoms with van der Waals surface area (Å²) >= 11 is 9.59. The smallest absolute Gasteiger partial charge is 0.335 e. The van der Waals surface area contributed by atoms with E-state index < -0.39 is 17.8 Å². The molecule has 4 amide bonds. The lowest BCUT2D eigenvalue weighted by Gasteiger charge is -2.27. The lowest BCUT2D eigenvalue weighted by Crippen LogP contribution is -2.54. The zero-order valence-corrected chi connectivity index (χ0v) is 19.0. The van der Waals surface area contributed by atoms with Gasteiger partial charge >= 0.3 is 6.03 Å². The number of amides is 4. The van der Waals surface area contributed by atoms with Crippen molar-refractivity contribution in [1.82, 2.24) is 5.32 Å². The van der Waals surface area contributed by atoms with Crippen molar-refractivity contribution in [3.8, 4) is 5.75 Å². The van der Waals surface area contributed by atoms with E-state index >= 15 is 0 Å². The number of carbonyl (C=O) groups is 3. The normalized spacial score (nSPS) is 16.6. The molecule has 1 saturated heterocycles. The highest BCUT2D eigenvalue weighted by Gasteiger charge is 2.37. The number of nitrogens with one attached hydrogen (secondary N) is 1. The molecule has 156 valence electrons. The van der Waals surface area contributed by atoms with Crippen LogP contribution >= 0.6 is 27.5 Å². The first-order valence-corrected chi connectivity index (χ1v) is 10.5. The van der Waals surface area contributed by atoms with Crippen LogP contribution in [0.4, 0.5) is 10.5 Å². The maximum Gasteiger partial charge on any atom is 0.335 e. The van der Waals surface area contributed by atoms with Gasteiger partial charge in [0, 0.05) is 5.02 Å². The highest BCUT2D eigenvalue weighted by molar-refractivity contribution is 9.10. The zero-order valence-electron chi connectivity index (χ0n) is 16.7. The lowest BCUT2D eigenvalue weighted by atomic mass is 10.1. The van der Waals surface area contributed by atoms with Gasteiger partial charge in [0.05, 0.1) is 16.3 Å². The molecular formula is C22H20BrClN2O4. The largest absolute Gasteiger partial charge is 0.490 e. The Morgan fingerprint density at radius 3 is 2.63 bits per heavy atom. The summed E-state index contributed by atoms with van der Waals surface area (Å²) in [6.07, 6.45) is 2.35. The quantitative estimate of drug-likeness (QED) is 0.457. The van der Waals surface area contributed by atoms with E-state index in [-0.39, 0.29) is 11.7 Å². The number of nitrogens with zero attached hydrogens (tertiary/aromatic N) is 1. The van der Waals surface area contributed by atoms with E-state index in [9.17, 15) is 14.4 Å².